The predicted octanol–water partition coefficient (Wildman–Crippen LogP) is 2.59. The number of amides is 4. The van der Waals surface area contributed by atoms with E-state index in [-0.39, 0.29) is 17.8 Å². The molecule has 3 N–H and O–H groups in total. The molecule has 2 aromatic carbocycles. The number of ether oxygens (including phenoxy) is 1. The van der Waals surface area contributed by atoms with Gasteiger partial charge in [-0.3, -0.25) is 14.9 Å². The fourth-order valence-electron chi connectivity index (χ4n) is 4.43. The number of carbonyl (C=O) groups is 3. The zero-order valence-electron chi connectivity index (χ0n) is 18.6. The summed E-state index contributed by atoms with van der Waals surface area (Å²) in [4.78, 5) is 40.3. The van der Waals surface area contributed by atoms with E-state index >= 15 is 0 Å². The third-order valence-electron chi connectivity index (χ3n) is 6.13. The molecule has 34 heavy (non-hydrogen) atoms. The van der Waals surface area contributed by atoms with Crippen LogP contribution in [0.2, 0.25) is 0 Å². The second kappa shape index (κ2) is 8.68. The molecule has 1 saturated heterocycles. The quantitative estimate of drug-likeness (QED) is 0.509. The fourth-order valence-corrected chi connectivity index (χ4v) is 5.52. The summed E-state index contributed by atoms with van der Waals surface area (Å²) >= 11 is 1.37. The normalized spacial score (nSPS) is 16.5. The monoisotopic (exact) mass is 474 g/mol. The summed E-state index contributed by atoms with van der Waals surface area (Å²) in [6.07, 6.45) is 0.880. The molecule has 0 saturated carbocycles. The summed E-state index contributed by atoms with van der Waals surface area (Å²) in [5.74, 6) is 0.106. The second-order valence-electron chi connectivity index (χ2n) is 8.39. The van der Waals surface area contributed by atoms with E-state index in [1.165, 1.54) is 11.3 Å². The van der Waals surface area contributed by atoms with Gasteiger partial charge in [0.25, 0.3) is 11.8 Å². The second-order valence-corrected chi connectivity index (χ2v) is 9.44. The van der Waals surface area contributed by atoms with Gasteiger partial charge >= 0.3 is 6.03 Å². The summed E-state index contributed by atoms with van der Waals surface area (Å²) < 4.78 is 7.11. The highest BCUT2D eigenvalue weighted by Gasteiger charge is 2.43. The molecule has 1 aromatic heterocycles. The molecule has 3 aromatic rings. The fraction of sp³-hybridized carbons (Fsp3) is 0.292. The van der Waals surface area contributed by atoms with E-state index in [2.05, 4.69) is 16.0 Å². The van der Waals surface area contributed by atoms with Crippen LogP contribution < -0.4 is 26.2 Å². The Bertz CT molecular complexity index is 1300. The van der Waals surface area contributed by atoms with Crippen LogP contribution in [0.1, 0.15) is 40.5 Å². The summed E-state index contributed by atoms with van der Waals surface area (Å²) in [7, 11) is 5.80. The van der Waals surface area contributed by atoms with Crippen LogP contribution in [0, 0.1) is 0 Å². The average Bonchev–Trinajstić information content (AvgIpc) is 3.17. The van der Waals surface area contributed by atoms with Gasteiger partial charge in [0.2, 0.25) is 0 Å². The molecule has 8 nitrogen and oxygen atoms in total. The number of urea groups is 1. The lowest BCUT2D eigenvalue weighted by molar-refractivity contribution is -0.0244. The molecule has 4 amide bonds. The lowest BCUT2D eigenvalue weighted by atomic mass is 9.91. The number of piperidine rings is 1. The van der Waals surface area contributed by atoms with Gasteiger partial charge in [-0.25, -0.2) is 4.79 Å². The minimum atomic E-state index is -0.865. The number of nitrogens with zero attached hydrogens (tertiary/aromatic N) is 1. The van der Waals surface area contributed by atoms with Gasteiger partial charge in [0, 0.05) is 42.6 Å². The first-order valence-corrected chi connectivity index (χ1v) is 12.0. The van der Waals surface area contributed by atoms with E-state index in [1.54, 1.807) is 23.1 Å². The first kappa shape index (κ1) is 22.3. The van der Waals surface area contributed by atoms with Crippen molar-refractivity contribution in [3.63, 3.8) is 0 Å². The van der Waals surface area contributed by atoms with Gasteiger partial charge < -0.3 is 20.3 Å². The molecule has 0 aliphatic carbocycles. The van der Waals surface area contributed by atoms with Crippen molar-refractivity contribution < 1.29 is 19.1 Å². The van der Waals surface area contributed by atoms with Gasteiger partial charge in [0.1, 0.15) is 18.6 Å². The van der Waals surface area contributed by atoms with Gasteiger partial charge in [0.05, 0.1) is 11.1 Å². The molecule has 0 atom stereocenters. The van der Waals surface area contributed by atoms with Crippen molar-refractivity contribution in [2.75, 3.05) is 25.0 Å². The van der Waals surface area contributed by atoms with Crippen LogP contribution in [0.15, 0.2) is 42.5 Å². The lowest BCUT2D eigenvalue weighted by Gasteiger charge is -2.44. The Labute approximate surface area is 202 Å². The number of likely N-dealkylation sites (tertiary alicyclic amines) is 1. The van der Waals surface area contributed by atoms with Crippen LogP contribution in [0.4, 0.5) is 9.80 Å². The van der Waals surface area contributed by atoms with E-state index in [9.17, 15) is 14.4 Å². The highest BCUT2D eigenvalue weighted by Crippen LogP contribution is 2.38. The molecule has 172 valence electrons. The van der Waals surface area contributed by atoms with Crippen molar-refractivity contribution in [3.05, 3.63) is 53.6 Å². The SMILES string of the molecule is [B]c1ccc2c(c1)C(=O)NC1(CCN(C(=O)c3c(NC(=O)NCC)sc4ccccc34)CC1)O2. The van der Waals surface area contributed by atoms with Gasteiger partial charge in [-0.15, -0.1) is 11.3 Å². The molecule has 0 bridgehead atoms. The molecule has 0 unspecified atom stereocenters. The van der Waals surface area contributed by atoms with Crippen molar-refractivity contribution in [1.29, 1.82) is 0 Å². The predicted molar refractivity (Wildman–Crippen MR) is 132 cm³/mol. The smallest absolute Gasteiger partial charge is 0.319 e. The number of thiophene rings is 1. The van der Waals surface area contributed by atoms with Crippen molar-refractivity contribution in [1.82, 2.24) is 15.5 Å². The zero-order valence-corrected chi connectivity index (χ0v) is 19.5. The highest BCUT2D eigenvalue weighted by atomic mass is 32.1. The number of carbonyl (C=O) groups excluding carboxylic acids is 3. The minimum absolute atomic E-state index is 0.158. The van der Waals surface area contributed by atoms with Crippen LogP contribution in [0.25, 0.3) is 10.1 Å². The maximum atomic E-state index is 13.6. The topological polar surface area (TPSA) is 99.8 Å². The molecule has 1 fully saturated rings. The van der Waals surface area contributed by atoms with Crippen LogP contribution in [-0.2, 0) is 0 Å². The van der Waals surface area contributed by atoms with E-state index in [1.807, 2.05) is 31.2 Å². The number of hydrogen-bond acceptors (Lipinski definition) is 5. The largest absolute Gasteiger partial charge is 0.467 e. The van der Waals surface area contributed by atoms with Gasteiger partial charge in [-0.2, -0.15) is 0 Å². The van der Waals surface area contributed by atoms with E-state index < -0.39 is 5.72 Å². The molecule has 1 spiro atoms. The maximum absolute atomic E-state index is 13.6. The summed E-state index contributed by atoms with van der Waals surface area (Å²) in [6.45, 7) is 3.11. The molecule has 2 aliphatic heterocycles. The third kappa shape index (κ3) is 3.98. The average molecular weight is 474 g/mol. The summed E-state index contributed by atoms with van der Waals surface area (Å²) in [5, 5.41) is 9.83. The first-order chi connectivity index (χ1) is 16.4. The lowest BCUT2D eigenvalue weighted by Crippen LogP contribution is -2.61. The van der Waals surface area contributed by atoms with Gasteiger partial charge in [-0.1, -0.05) is 35.8 Å². The Morgan fingerprint density at radius 2 is 1.97 bits per heavy atom. The summed E-state index contributed by atoms with van der Waals surface area (Å²) in [5.41, 5.74) is 0.525. The van der Waals surface area contributed by atoms with Crippen molar-refractivity contribution in [3.8, 4) is 5.75 Å². The molecular weight excluding hydrogens is 451 g/mol. The Morgan fingerprint density at radius 1 is 1.21 bits per heavy atom. The third-order valence-corrected chi connectivity index (χ3v) is 7.21. The van der Waals surface area contributed by atoms with E-state index in [0.717, 1.165) is 10.1 Å². The zero-order chi connectivity index (χ0) is 23.9. The van der Waals surface area contributed by atoms with Crippen LogP contribution in [0.5, 0.6) is 5.75 Å². The molecule has 5 rings (SSSR count). The van der Waals surface area contributed by atoms with Crippen molar-refractivity contribution in [2.45, 2.75) is 25.5 Å². The number of nitrogens with one attached hydrogen (secondary N) is 3. The van der Waals surface area contributed by atoms with Crippen LogP contribution in [-0.4, -0.2) is 56.0 Å². The Kier molecular flexibility index (Phi) is 5.69. The number of anilines is 1. The van der Waals surface area contributed by atoms with Gasteiger partial charge in [-0.05, 0) is 19.1 Å². The maximum Gasteiger partial charge on any atom is 0.319 e. The van der Waals surface area contributed by atoms with Gasteiger partial charge in [0.15, 0.2) is 5.72 Å². The van der Waals surface area contributed by atoms with E-state index in [0.29, 0.717) is 59.8 Å². The highest BCUT2D eigenvalue weighted by molar-refractivity contribution is 7.23. The molecule has 10 heteroatoms. The van der Waals surface area contributed by atoms with Crippen LogP contribution >= 0.6 is 11.3 Å². The number of fused-ring (bicyclic) bond motifs is 2. The number of hydrogen-bond donors (Lipinski definition) is 3. The Hall–Kier alpha value is -3.53. The Balaban J connectivity index is 1.37. The number of rotatable bonds is 3. The standard InChI is InChI=1S/C24H23BN4O4S/c1-2-26-23(32)27-21-19(15-5-3-4-6-18(15)34-21)22(31)29-11-9-24(10-12-29)28-20(30)16-13-14(25)7-8-17(16)33-24/h3-8,13H,2,9-12H2,1H3,(H,28,30)(H2,26,27,32). The number of benzene rings is 2. The molecular formula is C24H23BN4O4S. The molecule has 2 aliphatic rings. The Morgan fingerprint density at radius 3 is 2.74 bits per heavy atom. The van der Waals surface area contributed by atoms with E-state index in [4.69, 9.17) is 12.6 Å². The summed E-state index contributed by atoms with van der Waals surface area (Å²) in [6, 6.07) is 12.3. The minimum Gasteiger partial charge on any atom is -0.467 e. The van der Waals surface area contributed by atoms with Crippen molar-refractivity contribution in [2.24, 2.45) is 0 Å². The van der Waals surface area contributed by atoms with Crippen molar-refractivity contribution >= 4 is 57.6 Å². The molecule has 3 heterocycles. The first-order valence-electron chi connectivity index (χ1n) is 11.2. The van der Waals surface area contributed by atoms with Crippen LogP contribution in [0.3, 0.4) is 0 Å². The molecule has 2 radical (unpaired) electrons.